The van der Waals surface area contributed by atoms with E-state index >= 15 is 0 Å². The number of aromatic hydroxyl groups is 1. The number of carbonyl (C=O) groups is 2. The molecule has 0 bridgehead atoms. The molecule has 0 unspecified atom stereocenters. The summed E-state index contributed by atoms with van der Waals surface area (Å²) in [4.78, 5) is 27.9. The highest BCUT2D eigenvalue weighted by molar-refractivity contribution is 5.82. The molecule has 166 valence electrons. The zero-order valence-electron chi connectivity index (χ0n) is 18.5. The minimum absolute atomic E-state index is 0.0568. The molecule has 1 rings (SSSR count). The van der Waals surface area contributed by atoms with Gasteiger partial charge in [0.2, 0.25) is 0 Å². The van der Waals surface area contributed by atoms with Gasteiger partial charge in [-0.2, -0.15) is 0 Å². The Morgan fingerprint density at radius 2 is 1.47 bits per heavy atom. The van der Waals surface area contributed by atoms with Gasteiger partial charge in [-0.1, -0.05) is 51.7 Å². The molecule has 1 aromatic rings. The third-order valence-corrected chi connectivity index (χ3v) is 4.62. The number of nitrogens with zero attached hydrogens (tertiary/aromatic N) is 1. The van der Waals surface area contributed by atoms with Gasteiger partial charge in [-0.05, 0) is 32.6 Å². The number of pyridine rings is 1. The third kappa shape index (κ3) is 10.2. The van der Waals surface area contributed by atoms with Crippen LogP contribution < -0.4 is 0 Å². The summed E-state index contributed by atoms with van der Waals surface area (Å²) in [5.74, 6) is -0.985. The van der Waals surface area contributed by atoms with Gasteiger partial charge in [-0.15, -0.1) is 0 Å². The van der Waals surface area contributed by atoms with Gasteiger partial charge in [0.05, 0.1) is 5.69 Å². The SMILES string of the molecule is CCCCCC=CC(=O)OCc1cnc(C)c(O)c1COC(=O)C=CCCCCC. The molecule has 0 radical (unpaired) electrons. The molecule has 6 nitrogen and oxygen atoms in total. The highest BCUT2D eigenvalue weighted by Gasteiger charge is 2.15. The van der Waals surface area contributed by atoms with Crippen molar-refractivity contribution in [2.75, 3.05) is 0 Å². The molecule has 0 saturated heterocycles. The van der Waals surface area contributed by atoms with Crippen LogP contribution in [0.3, 0.4) is 0 Å². The minimum atomic E-state index is -0.474. The van der Waals surface area contributed by atoms with Gasteiger partial charge in [-0.3, -0.25) is 4.98 Å². The van der Waals surface area contributed by atoms with E-state index in [0.717, 1.165) is 51.4 Å². The van der Waals surface area contributed by atoms with Crippen LogP contribution in [0.15, 0.2) is 30.5 Å². The molecular formula is C24H35NO5. The van der Waals surface area contributed by atoms with Crippen molar-refractivity contribution in [3.05, 3.63) is 47.3 Å². The molecule has 1 N–H and O–H groups in total. The van der Waals surface area contributed by atoms with E-state index in [2.05, 4.69) is 18.8 Å². The molecule has 1 heterocycles. The first-order valence-corrected chi connectivity index (χ1v) is 10.8. The molecule has 0 fully saturated rings. The van der Waals surface area contributed by atoms with Crippen LogP contribution in [0, 0.1) is 6.92 Å². The number of hydrogen-bond donors (Lipinski definition) is 1. The van der Waals surface area contributed by atoms with Crippen LogP contribution in [0.25, 0.3) is 0 Å². The van der Waals surface area contributed by atoms with Crippen molar-refractivity contribution >= 4 is 11.9 Å². The second kappa shape index (κ2) is 15.2. The number of hydrogen-bond acceptors (Lipinski definition) is 6. The number of unbranched alkanes of at least 4 members (excludes halogenated alkanes) is 6. The summed E-state index contributed by atoms with van der Waals surface area (Å²) in [7, 11) is 0. The van der Waals surface area contributed by atoms with Crippen molar-refractivity contribution in [1.82, 2.24) is 4.98 Å². The van der Waals surface area contributed by atoms with E-state index in [1.54, 1.807) is 19.1 Å². The Morgan fingerprint density at radius 1 is 0.933 bits per heavy atom. The van der Waals surface area contributed by atoms with Gasteiger partial charge in [-0.25, -0.2) is 9.59 Å². The second-order valence-electron chi connectivity index (χ2n) is 7.21. The van der Waals surface area contributed by atoms with Crippen molar-refractivity contribution in [2.24, 2.45) is 0 Å². The summed E-state index contributed by atoms with van der Waals surface area (Å²) >= 11 is 0. The van der Waals surface area contributed by atoms with Crippen molar-refractivity contribution in [1.29, 1.82) is 0 Å². The van der Waals surface area contributed by atoms with Crippen LogP contribution in [0.4, 0.5) is 0 Å². The quantitative estimate of drug-likeness (QED) is 0.246. The fraction of sp³-hybridized carbons (Fsp3) is 0.542. The molecule has 0 amide bonds. The molecule has 0 saturated carbocycles. The Labute approximate surface area is 180 Å². The monoisotopic (exact) mass is 417 g/mol. The Hall–Kier alpha value is -2.63. The number of carbonyl (C=O) groups excluding carboxylic acids is 2. The summed E-state index contributed by atoms with van der Waals surface area (Å²) in [6.07, 6.45) is 16.2. The summed E-state index contributed by atoms with van der Waals surface area (Å²) in [6, 6.07) is 0. The first-order chi connectivity index (χ1) is 14.5. The molecule has 0 spiro atoms. The van der Waals surface area contributed by atoms with E-state index < -0.39 is 11.9 Å². The van der Waals surface area contributed by atoms with Gasteiger partial charge in [0.15, 0.2) is 0 Å². The molecule has 0 aliphatic carbocycles. The summed E-state index contributed by atoms with van der Waals surface area (Å²) in [5.41, 5.74) is 1.32. The van der Waals surface area contributed by atoms with Gasteiger partial charge in [0, 0.05) is 29.5 Å². The largest absolute Gasteiger partial charge is 0.506 e. The predicted octanol–water partition coefficient (Wildman–Crippen LogP) is 5.46. The first kappa shape index (κ1) is 25.4. The average Bonchev–Trinajstić information content (AvgIpc) is 2.73. The van der Waals surface area contributed by atoms with Crippen LogP contribution >= 0.6 is 0 Å². The van der Waals surface area contributed by atoms with E-state index in [4.69, 9.17) is 9.47 Å². The van der Waals surface area contributed by atoms with Crippen molar-refractivity contribution in [2.45, 2.75) is 85.4 Å². The first-order valence-electron chi connectivity index (χ1n) is 10.8. The number of rotatable bonds is 14. The molecule has 30 heavy (non-hydrogen) atoms. The summed E-state index contributed by atoms with van der Waals surface area (Å²) in [5, 5.41) is 10.3. The van der Waals surface area contributed by atoms with Crippen LogP contribution in [0.2, 0.25) is 0 Å². The number of esters is 2. The molecule has 6 heteroatoms. The van der Waals surface area contributed by atoms with Gasteiger partial charge in [0.1, 0.15) is 19.0 Å². The zero-order valence-corrected chi connectivity index (χ0v) is 18.5. The molecule has 0 aliphatic heterocycles. The Morgan fingerprint density at radius 3 is 2.00 bits per heavy atom. The zero-order chi connectivity index (χ0) is 22.2. The summed E-state index contributed by atoms with van der Waals surface area (Å²) in [6.45, 7) is 5.73. The Bertz CT molecular complexity index is 725. The van der Waals surface area contributed by atoms with Crippen LogP contribution in [0.5, 0.6) is 5.75 Å². The number of aromatic nitrogens is 1. The van der Waals surface area contributed by atoms with Crippen molar-refractivity contribution in [3.8, 4) is 5.75 Å². The predicted molar refractivity (Wildman–Crippen MR) is 117 cm³/mol. The number of aryl methyl sites for hydroxylation is 1. The fourth-order valence-corrected chi connectivity index (χ4v) is 2.74. The van der Waals surface area contributed by atoms with Crippen molar-refractivity contribution < 1.29 is 24.2 Å². The van der Waals surface area contributed by atoms with E-state index in [9.17, 15) is 14.7 Å². The Kier molecular flexibility index (Phi) is 12.9. The van der Waals surface area contributed by atoms with E-state index in [0.29, 0.717) is 16.8 Å². The van der Waals surface area contributed by atoms with Crippen molar-refractivity contribution in [3.63, 3.8) is 0 Å². The maximum Gasteiger partial charge on any atom is 0.330 e. The molecular weight excluding hydrogens is 382 g/mol. The lowest BCUT2D eigenvalue weighted by Crippen LogP contribution is -2.08. The standard InChI is InChI=1S/C24H35NO5/c1-4-6-8-10-12-14-22(26)29-17-20-16-25-19(3)24(28)21(20)18-30-23(27)15-13-11-9-7-5-2/h12-16,28H,4-11,17-18H2,1-3H3. The van der Waals surface area contributed by atoms with E-state index in [1.807, 2.05) is 0 Å². The molecule has 1 aromatic heterocycles. The summed E-state index contributed by atoms with van der Waals surface area (Å²) < 4.78 is 10.5. The van der Waals surface area contributed by atoms with E-state index in [-0.39, 0.29) is 19.0 Å². The number of allylic oxidation sites excluding steroid dienone is 2. The second-order valence-corrected chi connectivity index (χ2v) is 7.21. The van der Waals surface area contributed by atoms with Crippen LogP contribution in [-0.2, 0) is 32.3 Å². The average molecular weight is 418 g/mol. The normalized spacial score (nSPS) is 11.3. The lowest BCUT2D eigenvalue weighted by molar-refractivity contribution is -0.140. The molecule has 0 aromatic carbocycles. The van der Waals surface area contributed by atoms with Gasteiger partial charge in [0.25, 0.3) is 0 Å². The van der Waals surface area contributed by atoms with Crippen LogP contribution in [-0.4, -0.2) is 22.0 Å². The maximum atomic E-state index is 11.9. The van der Waals surface area contributed by atoms with Gasteiger partial charge >= 0.3 is 11.9 Å². The maximum absolute atomic E-state index is 11.9. The molecule has 0 aliphatic rings. The highest BCUT2D eigenvalue weighted by atomic mass is 16.5. The lowest BCUT2D eigenvalue weighted by Gasteiger charge is -2.12. The third-order valence-electron chi connectivity index (χ3n) is 4.62. The minimum Gasteiger partial charge on any atom is -0.506 e. The Balaban J connectivity index is 2.62. The lowest BCUT2D eigenvalue weighted by atomic mass is 10.1. The van der Waals surface area contributed by atoms with E-state index in [1.165, 1.54) is 18.3 Å². The fourth-order valence-electron chi connectivity index (χ4n) is 2.74. The molecule has 0 atom stereocenters. The topological polar surface area (TPSA) is 85.7 Å². The highest BCUT2D eigenvalue weighted by Crippen LogP contribution is 2.25. The number of ether oxygens (including phenoxy) is 2. The van der Waals surface area contributed by atoms with Gasteiger partial charge < -0.3 is 14.6 Å². The van der Waals surface area contributed by atoms with Crippen LogP contribution in [0.1, 0.15) is 82.0 Å². The smallest absolute Gasteiger partial charge is 0.330 e.